The summed E-state index contributed by atoms with van der Waals surface area (Å²) >= 11 is 6.03. The predicted octanol–water partition coefficient (Wildman–Crippen LogP) is 2.52. The van der Waals surface area contributed by atoms with Crippen molar-refractivity contribution in [1.82, 2.24) is 5.32 Å². The lowest BCUT2D eigenvalue weighted by Gasteiger charge is -2.25. The molecule has 0 bridgehead atoms. The van der Waals surface area contributed by atoms with Crippen molar-refractivity contribution in [2.45, 2.75) is 18.8 Å². The van der Waals surface area contributed by atoms with Gasteiger partial charge < -0.3 is 15.2 Å². The van der Waals surface area contributed by atoms with E-state index < -0.39 is 0 Å². The zero-order valence-corrected chi connectivity index (χ0v) is 10.0. The van der Waals surface area contributed by atoms with E-state index in [-0.39, 0.29) is 5.75 Å². The van der Waals surface area contributed by atoms with E-state index in [1.807, 2.05) is 6.07 Å². The third-order valence-corrected chi connectivity index (χ3v) is 3.46. The summed E-state index contributed by atoms with van der Waals surface area (Å²) in [5.41, 5.74) is 1.10. The summed E-state index contributed by atoms with van der Waals surface area (Å²) in [6.45, 7) is 2.04. The minimum absolute atomic E-state index is 0.0798. The highest BCUT2D eigenvalue weighted by atomic mass is 35.5. The molecule has 0 amide bonds. The van der Waals surface area contributed by atoms with E-state index in [4.69, 9.17) is 16.3 Å². The fourth-order valence-corrected chi connectivity index (χ4v) is 2.47. The zero-order valence-electron chi connectivity index (χ0n) is 9.29. The smallest absolute Gasteiger partial charge is 0.144 e. The van der Waals surface area contributed by atoms with E-state index in [1.165, 1.54) is 0 Å². The molecule has 1 fully saturated rings. The number of ether oxygens (including phenoxy) is 1. The molecule has 2 rings (SSSR count). The lowest BCUT2D eigenvalue weighted by atomic mass is 9.89. The van der Waals surface area contributed by atoms with Gasteiger partial charge in [-0.1, -0.05) is 17.7 Å². The molecule has 1 heterocycles. The number of phenols is 1. The molecular weight excluding hydrogens is 226 g/mol. The van der Waals surface area contributed by atoms with Gasteiger partial charge in [0.15, 0.2) is 0 Å². The van der Waals surface area contributed by atoms with Crippen LogP contribution in [0, 0.1) is 0 Å². The second-order valence-electron chi connectivity index (χ2n) is 4.05. The summed E-state index contributed by atoms with van der Waals surface area (Å²) in [6, 6.07) is 3.55. The Labute approximate surface area is 100 Å². The highest BCUT2D eigenvalue weighted by Crippen LogP contribution is 2.41. The first kappa shape index (κ1) is 11.6. The van der Waals surface area contributed by atoms with Crippen LogP contribution in [0.25, 0.3) is 0 Å². The Kier molecular flexibility index (Phi) is 3.56. The summed E-state index contributed by atoms with van der Waals surface area (Å²) in [4.78, 5) is 0. The summed E-state index contributed by atoms with van der Waals surface area (Å²) < 4.78 is 5.30. The quantitative estimate of drug-likeness (QED) is 0.836. The first-order valence-electron chi connectivity index (χ1n) is 5.50. The molecule has 0 atom stereocenters. The molecule has 2 N–H and O–H groups in total. The van der Waals surface area contributed by atoms with Crippen molar-refractivity contribution in [3.05, 3.63) is 22.7 Å². The van der Waals surface area contributed by atoms with Crippen LogP contribution in [0.4, 0.5) is 0 Å². The van der Waals surface area contributed by atoms with Crippen LogP contribution >= 0.6 is 11.6 Å². The average molecular weight is 242 g/mol. The Morgan fingerprint density at radius 3 is 2.69 bits per heavy atom. The van der Waals surface area contributed by atoms with Gasteiger partial charge >= 0.3 is 0 Å². The molecule has 16 heavy (non-hydrogen) atoms. The molecule has 4 heteroatoms. The van der Waals surface area contributed by atoms with Crippen molar-refractivity contribution < 1.29 is 9.84 Å². The van der Waals surface area contributed by atoms with Gasteiger partial charge in [-0.25, -0.2) is 0 Å². The number of hydrogen-bond donors (Lipinski definition) is 2. The molecule has 0 aliphatic carbocycles. The second-order valence-corrected chi connectivity index (χ2v) is 4.42. The van der Waals surface area contributed by atoms with Crippen molar-refractivity contribution in [3.63, 3.8) is 0 Å². The van der Waals surface area contributed by atoms with Crippen LogP contribution in [0.3, 0.4) is 0 Å². The predicted molar refractivity (Wildman–Crippen MR) is 64.5 cm³/mol. The zero-order chi connectivity index (χ0) is 11.5. The number of aromatic hydroxyl groups is 1. The standard InChI is InChI=1S/C12H16ClNO2/c1-16-12-9(2-3-10(15)11(12)13)8-4-6-14-7-5-8/h2-3,8,14-15H,4-7H2,1H3. The number of nitrogens with one attached hydrogen (secondary N) is 1. The minimum atomic E-state index is 0.0798. The molecule has 0 aromatic heterocycles. The maximum absolute atomic E-state index is 9.53. The van der Waals surface area contributed by atoms with Gasteiger partial charge in [0.2, 0.25) is 0 Å². The van der Waals surface area contributed by atoms with Crippen LogP contribution in [0.15, 0.2) is 12.1 Å². The Bertz CT molecular complexity index is 376. The van der Waals surface area contributed by atoms with E-state index in [0.717, 1.165) is 31.5 Å². The fraction of sp³-hybridized carbons (Fsp3) is 0.500. The summed E-state index contributed by atoms with van der Waals surface area (Å²) in [5.74, 6) is 1.17. The van der Waals surface area contributed by atoms with Crippen LogP contribution in [-0.2, 0) is 0 Å². The molecular formula is C12H16ClNO2. The van der Waals surface area contributed by atoms with E-state index in [0.29, 0.717) is 16.7 Å². The van der Waals surface area contributed by atoms with E-state index in [1.54, 1.807) is 13.2 Å². The van der Waals surface area contributed by atoms with Gasteiger partial charge in [0.25, 0.3) is 0 Å². The third-order valence-electron chi connectivity index (χ3n) is 3.09. The number of halogens is 1. The van der Waals surface area contributed by atoms with Gasteiger partial charge in [-0.2, -0.15) is 0 Å². The number of methoxy groups -OCH3 is 1. The number of piperidine rings is 1. The molecule has 0 radical (unpaired) electrons. The molecule has 0 unspecified atom stereocenters. The van der Waals surface area contributed by atoms with E-state index in [9.17, 15) is 5.11 Å². The van der Waals surface area contributed by atoms with Crippen LogP contribution in [0.1, 0.15) is 24.3 Å². The van der Waals surface area contributed by atoms with Crippen LogP contribution in [-0.4, -0.2) is 25.3 Å². The first-order chi connectivity index (χ1) is 7.74. The van der Waals surface area contributed by atoms with Gasteiger partial charge in [-0.05, 0) is 43.5 Å². The van der Waals surface area contributed by atoms with Crippen molar-refractivity contribution in [2.24, 2.45) is 0 Å². The molecule has 1 saturated heterocycles. The molecule has 1 aromatic carbocycles. The van der Waals surface area contributed by atoms with Gasteiger partial charge in [-0.15, -0.1) is 0 Å². The number of phenolic OH excluding ortho intramolecular Hbond substituents is 1. The molecule has 1 aliphatic rings. The van der Waals surface area contributed by atoms with Crippen molar-refractivity contribution in [2.75, 3.05) is 20.2 Å². The molecule has 1 aromatic rings. The third kappa shape index (κ3) is 2.11. The van der Waals surface area contributed by atoms with Crippen LogP contribution in [0.5, 0.6) is 11.5 Å². The number of hydrogen-bond acceptors (Lipinski definition) is 3. The topological polar surface area (TPSA) is 41.5 Å². The Hall–Kier alpha value is -0.930. The number of benzene rings is 1. The van der Waals surface area contributed by atoms with Gasteiger partial charge in [0.1, 0.15) is 16.5 Å². The Morgan fingerprint density at radius 1 is 1.38 bits per heavy atom. The Balaban J connectivity index is 2.35. The SMILES string of the molecule is COc1c(C2CCNCC2)ccc(O)c1Cl. The second kappa shape index (κ2) is 4.93. The first-order valence-corrected chi connectivity index (χ1v) is 5.88. The molecule has 1 aliphatic heterocycles. The van der Waals surface area contributed by atoms with Gasteiger partial charge in [0, 0.05) is 0 Å². The van der Waals surface area contributed by atoms with Crippen molar-refractivity contribution >= 4 is 11.6 Å². The maximum atomic E-state index is 9.53. The number of rotatable bonds is 2. The van der Waals surface area contributed by atoms with Gasteiger partial charge in [-0.3, -0.25) is 0 Å². The highest BCUT2D eigenvalue weighted by molar-refractivity contribution is 6.33. The van der Waals surface area contributed by atoms with Crippen LogP contribution in [0.2, 0.25) is 5.02 Å². The lowest BCUT2D eigenvalue weighted by molar-refractivity contribution is 0.386. The van der Waals surface area contributed by atoms with Crippen molar-refractivity contribution in [3.8, 4) is 11.5 Å². The highest BCUT2D eigenvalue weighted by Gasteiger charge is 2.21. The van der Waals surface area contributed by atoms with Crippen LogP contribution < -0.4 is 10.1 Å². The maximum Gasteiger partial charge on any atom is 0.144 e. The minimum Gasteiger partial charge on any atom is -0.506 e. The van der Waals surface area contributed by atoms with Crippen molar-refractivity contribution in [1.29, 1.82) is 0 Å². The molecule has 0 saturated carbocycles. The lowest BCUT2D eigenvalue weighted by Crippen LogP contribution is -2.26. The van der Waals surface area contributed by atoms with E-state index >= 15 is 0 Å². The largest absolute Gasteiger partial charge is 0.506 e. The average Bonchev–Trinajstić information content (AvgIpc) is 2.33. The monoisotopic (exact) mass is 241 g/mol. The molecule has 88 valence electrons. The summed E-state index contributed by atoms with van der Waals surface area (Å²) in [6.07, 6.45) is 2.16. The summed E-state index contributed by atoms with van der Waals surface area (Å²) in [7, 11) is 1.59. The fourth-order valence-electron chi connectivity index (χ4n) is 2.22. The van der Waals surface area contributed by atoms with E-state index in [2.05, 4.69) is 5.32 Å². The van der Waals surface area contributed by atoms with Gasteiger partial charge in [0.05, 0.1) is 7.11 Å². The summed E-state index contributed by atoms with van der Waals surface area (Å²) in [5, 5.41) is 13.2. The normalized spacial score (nSPS) is 17.4. The molecule has 0 spiro atoms. The Morgan fingerprint density at radius 2 is 2.06 bits per heavy atom. The molecule has 3 nitrogen and oxygen atoms in total.